The highest BCUT2D eigenvalue weighted by atomic mass is 35.5. The van der Waals surface area contributed by atoms with Crippen molar-refractivity contribution in [2.45, 2.75) is 65.5 Å². The fraction of sp³-hybridized carbons (Fsp3) is 0.412. The van der Waals surface area contributed by atoms with Gasteiger partial charge in [-0.15, -0.1) is 0 Å². The maximum atomic E-state index is 12.7. The molecule has 226 valence electrons. The second-order valence-corrected chi connectivity index (χ2v) is 12.6. The van der Waals surface area contributed by atoms with Crippen molar-refractivity contribution >= 4 is 23.6 Å². The van der Waals surface area contributed by atoms with E-state index in [1.807, 2.05) is 35.5 Å². The Labute approximate surface area is 259 Å². The van der Waals surface area contributed by atoms with Crippen LogP contribution >= 0.6 is 11.6 Å². The van der Waals surface area contributed by atoms with Crippen LogP contribution in [0.5, 0.6) is 0 Å². The summed E-state index contributed by atoms with van der Waals surface area (Å²) < 4.78 is 0. The number of halogens is 1. The van der Waals surface area contributed by atoms with Crippen LogP contribution in [0, 0.1) is 19.8 Å². The second kappa shape index (κ2) is 13.7. The molecule has 1 fully saturated rings. The minimum Gasteiger partial charge on any atom is -0.331 e. The van der Waals surface area contributed by atoms with Crippen molar-refractivity contribution in [1.29, 1.82) is 0 Å². The van der Waals surface area contributed by atoms with Crippen LogP contribution in [0.25, 0.3) is 0 Å². The number of likely N-dealkylation sites (tertiary alicyclic amines) is 1. The van der Waals surface area contributed by atoms with Crippen LogP contribution in [0.15, 0.2) is 67.3 Å². The first kappa shape index (κ1) is 30.7. The molecule has 9 heteroatoms. The summed E-state index contributed by atoms with van der Waals surface area (Å²) >= 11 is 6.21. The summed E-state index contributed by atoms with van der Waals surface area (Å²) in [7, 11) is 0. The number of piperidine rings is 1. The zero-order valence-electron chi connectivity index (χ0n) is 25.6. The molecule has 4 aromatic rings. The van der Waals surface area contributed by atoms with Gasteiger partial charge in [-0.25, -0.2) is 9.78 Å². The number of anilines is 1. The van der Waals surface area contributed by atoms with E-state index in [2.05, 4.69) is 72.1 Å². The van der Waals surface area contributed by atoms with Gasteiger partial charge in [-0.05, 0) is 86.0 Å². The summed E-state index contributed by atoms with van der Waals surface area (Å²) in [4.78, 5) is 33.8. The van der Waals surface area contributed by atoms with Gasteiger partial charge in [0, 0.05) is 61.4 Å². The number of benzene rings is 1. The largest absolute Gasteiger partial charge is 0.331 e. The molecule has 2 amide bonds. The Morgan fingerprint density at radius 2 is 1.79 bits per heavy atom. The summed E-state index contributed by atoms with van der Waals surface area (Å²) in [6, 6.07) is 14.5. The molecule has 1 saturated heterocycles. The first-order chi connectivity index (χ1) is 20.7. The molecule has 0 aliphatic carbocycles. The second-order valence-electron chi connectivity index (χ2n) is 12.2. The van der Waals surface area contributed by atoms with Gasteiger partial charge < -0.3 is 9.88 Å². The van der Waals surface area contributed by atoms with Gasteiger partial charge in [0.2, 0.25) is 5.95 Å². The van der Waals surface area contributed by atoms with Gasteiger partial charge in [0.05, 0.1) is 11.4 Å². The molecule has 0 bridgehead atoms. The molecule has 0 atom stereocenters. The average molecular weight is 600 g/mol. The first-order valence-electron chi connectivity index (χ1n) is 15.1. The summed E-state index contributed by atoms with van der Waals surface area (Å²) in [6.45, 7) is 12.6. The van der Waals surface area contributed by atoms with Gasteiger partial charge in [0.25, 0.3) is 0 Å². The zero-order chi connectivity index (χ0) is 30.4. The Bertz CT molecular complexity index is 1500. The van der Waals surface area contributed by atoms with Gasteiger partial charge in [-0.1, -0.05) is 49.7 Å². The lowest BCUT2D eigenvalue weighted by atomic mass is 9.77. The molecule has 8 nitrogen and oxygen atoms in total. The van der Waals surface area contributed by atoms with Crippen LogP contribution in [0.3, 0.4) is 0 Å². The molecule has 5 rings (SSSR count). The van der Waals surface area contributed by atoms with Gasteiger partial charge in [0.15, 0.2) is 0 Å². The van der Waals surface area contributed by atoms with E-state index in [-0.39, 0.29) is 11.4 Å². The number of nitrogens with zero attached hydrogens (tertiary/aromatic N) is 5. The van der Waals surface area contributed by atoms with Crippen molar-refractivity contribution in [3.63, 3.8) is 0 Å². The fourth-order valence-electron chi connectivity index (χ4n) is 6.01. The summed E-state index contributed by atoms with van der Waals surface area (Å²) in [5, 5.41) is 3.58. The van der Waals surface area contributed by atoms with Crippen molar-refractivity contribution < 1.29 is 4.79 Å². The van der Waals surface area contributed by atoms with E-state index in [0.717, 1.165) is 68.4 Å². The third-order valence-corrected chi connectivity index (χ3v) is 8.93. The number of nitrogens with one attached hydrogen (secondary N) is 2. The average Bonchev–Trinajstić information content (AvgIpc) is 3.51. The van der Waals surface area contributed by atoms with E-state index >= 15 is 0 Å². The van der Waals surface area contributed by atoms with Crippen molar-refractivity contribution in [1.82, 2.24) is 29.7 Å². The maximum Gasteiger partial charge on any atom is 0.324 e. The smallest absolute Gasteiger partial charge is 0.324 e. The Hall–Kier alpha value is -3.75. The van der Waals surface area contributed by atoms with Crippen LogP contribution in [0.4, 0.5) is 10.7 Å². The Morgan fingerprint density at radius 3 is 2.49 bits per heavy atom. The highest BCUT2D eigenvalue weighted by Gasteiger charge is 2.28. The third-order valence-electron chi connectivity index (χ3n) is 8.68. The number of carbonyl (C=O) groups excluding carboxylic acids is 1. The lowest BCUT2D eigenvalue weighted by molar-refractivity contribution is 0.165. The minimum absolute atomic E-state index is 0.0954. The van der Waals surface area contributed by atoms with E-state index in [0.29, 0.717) is 11.9 Å². The number of aryl methyl sites for hydroxylation is 2. The number of imidazole rings is 1. The van der Waals surface area contributed by atoms with Crippen LogP contribution < -0.4 is 5.32 Å². The monoisotopic (exact) mass is 599 g/mol. The third kappa shape index (κ3) is 7.80. The van der Waals surface area contributed by atoms with E-state index in [1.54, 1.807) is 12.4 Å². The van der Waals surface area contributed by atoms with Crippen molar-refractivity contribution in [3.8, 4) is 0 Å². The lowest BCUT2D eigenvalue weighted by Crippen LogP contribution is -2.41. The summed E-state index contributed by atoms with van der Waals surface area (Å²) in [5.41, 5.74) is 6.75. The number of aromatic amines is 1. The number of hydrogen-bond donors (Lipinski definition) is 2. The maximum absolute atomic E-state index is 12.7. The summed E-state index contributed by atoms with van der Waals surface area (Å²) in [5.74, 6) is 1.03. The molecule has 3 aromatic heterocycles. The number of pyridine rings is 2. The van der Waals surface area contributed by atoms with Crippen LogP contribution in [-0.2, 0) is 18.5 Å². The highest BCUT2D eigenvalue weighted by Crippen LogP contribution is 2.34. The van der Waals surface area contributed by atoms with E-state index in [9.17, 15) is 4.79 Å². The molecular weight excluding hydrogens is 558 g/mol. The van der Waals surface area contributed by atoms with Crippen molar-refractivity contribution in [2.24, 2.45) is 5.92 Å². The normalized spacial score (nSPS) is 14.3. The quantitative estimate of drug-likeness (QED) is 0.202. The van der Waals surface area contributed by atoms with Gasteiger partial charge in [0.1, 0.15) is 0 Å². The first-order valence-corrected chi connectivity index (χ1v) is 15.5. The van der Waals surface area contributed by atoms with Gasteiger partial charge >= 0.3 is 6.03 Å². The van der Waals surface area contributed by atoms with Crippen LogP contribution in [-0.4, -0.2) is 55.4 Å². The molecule has 43 heavy (non-hydrogen) atoms. The molecule has 1 aromatic carbocycles. The number of hydrogen-bond acceptors (Lipinski definition) is 5. The zero-order valence-corrected chi connectivity index (χ0v) is 26.4. The highest BCUT2D eigenvalue weighted by molar-refractivity contribution is 6.30. The number of rotatable bonds is 10. The van der Waals surface area contributed by atoms with Crippen LogP contribution in [0.2, 0.25) is 5.02 Å². The molecule has 2 N–H and O–H groups in total. The molecule has 1 aliphatic heterocycles. The molecule has 4 heterocycles. The lowest BCUT2D eigenvalue weighted by Gasteiger charge is -2.33. The van der Waals surface area contributed by atoms with E-state index < -0.39 is 0 Å². The van der Waals surface area contributed by atoms with Crippen molar-refractivity contribution in [2.75, 3.05) is 25.0 Å². The number of H-pyrrole nitrogens is 1. The molecule has 0 spiro atoms. The number of amides is 2. The Balaban J connectivity index is 1.29. The molecule has 0 radical (unpaired) electrons. The standard InChI is InChI=1S/C34H42ClN7O/c1-24-20-25(2)30(39-21-24)22-41(17-11-26-12-18-42(19-13-26)33(43)40-32-37-15-16-38-32)23-31-29(6-5-14-36-31)34(3,4)27-7-9-28(35)10-8-27/h5-10,14-16,20-21,26H,11-13,17-19,22-23H2,1-4H3,(H2,37,38,40,43). The Kier molecular flexibility index (Phi) is 9.78. The van der Waals surface area contributed by atoms with Crippen LogP contribution in [0.1, 0.15) is 66.8 Å². The SMILES string of the molecule is Cc1cnc(CN(CCC2CCN(C(=O)Nc3ncc[nH]3)CC2)Cc2ncccc2C(C)(C)c2ccc(Cl)cc2)c(C)c1. The van der Waals surface area contributed by atoms with Crippen molar-refractivity contribution in [3.05, 3.63) is 106 Å². The number of carbonyl (C=O) groups is 1. The molecule has 0 unspecified atom stereocenters. The molecule has 0 saturated carbocycles. The number of aromatic nitrogens is 4. The predicted molar refractivity (Wildman–Crippen MR) is 172 cm³/mol. The molecule has 1 aliphatic rings. The Morgan fingerprint density at radius 1 is 1.05 bits per heavy atom. The topological polar surface area (TPSA) is 90.0 Å². The van der Waals surface area contributed by atoms with E-state index in [4.69, 9.17) is 21.6 Å². The van der Waals surface area contributed by atoms with Gasteiger partial charge in [-0.3, -0.25) is 20.2 Å². The minimum atomic E-state index is -0.235. The fourth-order valence-corrected chi connectivity index (χ4v) is 6.13. The van der Waals surface area contributed by atoms with E-state index in [1.165, 1.54) is 22.3 Å². The predicted octanol–water partition coefficient (Wildman–Crippen LogP) is 7.13. The summed E-state index contributed by atoms with van der Waals surface area (Å²) in [6.07, 6.45) is 10.2. The number of urea groups is 1. The van der Waals surface area contributed by atoms with Gasteiger partial charge in [-0.2, -0.15) is 0 Å². The molecular formula is C34H42ClN7O.